The summed E-state index contributed by atoms with van der Waals surface area (Å²) in [6, 6.07) is -6.22. The monoisotopic (exact) mass is 476 g/mol. The molecule has 0 heterocycles. The number of rotatable bonds is 16. The molecule has 0 radical (unpaired) electrons. The van der Waals surface area contributed by atoms with Crippen LogP contribution in [0, 0.1) is 0 Å². The number of primary amides is 2. The summed E-state index contributed by atoms with van der Waals surface area (Å²) in [6.07, 6.45) is -2.53. The van der Waals surface area contributed by atoms with Crippen LogP contribution in [0.5, 0.6) is 0 Å². The third-order valence-electron chi connectivity index (χ3n) is 4.15. The van der Waals surface area contributed by atoms with Crippen LogP contribution in [0.3, 0.4) is 0 Å². The number of carbonyl (C=O) groups is 7. The lowest BCUT2D eigenvalue weighted by Gasteiger charge is -2.24. The Bertz CT molecular complexity index is 773. The first-order chi connectivity index (χ1) is 15.3. The van der Waals surface area contributed by atoms with Gasteiger partial charge in [0, 0.05) is 12.8 Å². The molecular weight excluding hydrogens is 448 g/mol. The molecule has 4 unspecified atom stereocenters. The summed E-state index contributed by atoms with van der Waals surface area (Å²) < 4.78 is 0. The van der Waals surface area contributed by atoms with Crippen molar-refractivity contribution in [3.05, 3.63) is 0 Å². The van der Waals surface area contributed by atoms with E-state index in [0.29, 0.717) is 0 Å². The van der Waals surface area contributed by atoms with Gasteiger partial charge in [0.05, 0.1) is 13.0 Å². The second-order valence-corrected chi connectivity index (χ2v) is 6.92. The van der Waals surface area contributed by atoms with Gasteiger partial charge < -0.3 is 48.5 Å². The van der Waals surface area contributed by atoms with E-state index in [2.05, 4.69) is 10.6 Å². The highest BCUT2D eigenvalue weighted by Crippen LogP contribution is 2.04. The summed E-state index contributed by atoms with van der Waals surface area (Å²) in [5.74, 6) is -7.92. The molecule has 0 aliphatic rings. The van der Waals surface area contributed by atoms with E-state index in [0.717, 1.165) is 0 Å². The fraction of sp³-hybridized carbons (Fsp3) is 0.588. The summed E-state index contributed by atoms with van der Waals surface area (Å²) in [4.78, 5) is 81.4. The average Bonchev–Trinajstić information content (AvgIpc) is 2.71. The standard InChI is InChI=1S/C17H28N6O10/c18-7(6-24)14(29)21-8(2-4-13(27)28)15(30)23-10(5-12(20)26)16(31)22-9(17(32)33)1-3-11(19)25/h7-10,24H,1-6,18H2,(H2,19,25)(H2,20,26)(H,21,29)(H,22,31)(H,23,30)(H,27,28)(H,32,33). The molecule has 186 valence electrons. The number of carboxylic acids is 2. The molecule has 0 aliphatic heterocycles. The van der Waals surface area contributed by atoms with Gasteiger partial charge in [0.25, 0.3) is 0 Å². The van der Waals surface area contributed by atoms with Crippen LogP contribution in [-0.4, -0.2) is 87.6 Å². The Morgan fingerprint density at radius 2 is 1.18 bits per heavy atom. The molecular formula is C17H28N6O10. The predicted molar refractivity (Wildman–Crippen MR) is 108 cm³/mol. The van der Waals surface area contributed by atoms with Gasteiger partial charge in [-0.05, 0) is 12.8 Å². The highest BCUT2D eigenvalue weighted by Gasteiger charge is 2.31. The molecule has 0 aliphatic carbocycles. The molecule has 4 atom stereocenters. The van der Waals surface area contributed by atoms with Crippen LogP contribution in [0.2, 0.25) is 0 Å². The molecule has 33 heavy (non-hydrogen) atoms. The van der Waals surface area contributed by atoms with Crippen molar-refractivity contribution in [3.8, 4) is 0 Å². The second-order valence-electron chi connectivity index (χ2n) is 6.92. The second kappa shape index (κ2) is 14.3. The van der Waals surface area contributed by atoms with Crippen molar-refractivity contribution in [2.24, 2.45) is 17.2 Å². The normalized spacial score (nSPS) is 14.1. The Hall–Kier alpha value is -3.79. The van der Waals surface area contributed by atoms with Crippen molar-refractivity contribution in [1.82, 2.24) is 16.0 Å². The number of carboxylic acid groups (broad SMARTS) is 2. The first-order valence-corrected chi connectivity index (χ1v) is 9.57. The van der Waals surface area contributed by atoms with Crippen molar-refractivity contribution in [1.29, 1.82) is 0 Å². The van der Waals surface area contributed by atoms with E-state index in [1.54, 1.807) is 0 Å². The molecule has 0 spiro atoms. The molecule has 0 bridgehead atoms. The van der Waals surface area contributed by atoms with Gasteiger partial charge in [0.2, 0.25) is 29.5 Å². The van der Waals surface area contributed by atoms with Crippen LogP contribution in [0.4, 0.5) is 0 Å². The molecule has 16 nitrogen and oxygen atoms in total. The van der Waals surface area contributed by atoms with Crippen LogP contribution in [-0.2, 0) is 33.6 Å². The molecule has 5 amide bonds. The van der Waals surface area contributed by atoms with Crippen LogP contribution in [0.25, 0.3) is 0 Å². The topological polar surface area (TPSA) is 294 Å². The number of aliphatic hydroxyl groups excluding tert-OH is 1. The summed E-state index contributed by atoms with van der Waals surface area (Å²) in [6.45, 7) is -0.770. The minimum Gasteiger partial charge on any atom is -0.481 e. The van der Waals surface area contributed by atoms with E-state index in [9.17, 15) is 38.7 Å². The molecule has 0 aromatic heterocycles. The van der Waals surface area contributed by atoms with Crippen LogP contribution in [0.15, 0.2) is 0 Å². The molecule has 12 N–H and O–H groups in total. The first-order valence-electron chi connectivity index (χ1n) is 9.57. The quantitative estimate of drug-likeness (QED) is 0.101. The number of aliphatic carboxylic acids is 2. The minimum absolute atomic E-state index is 0.371. The van der Waals surface area contributed by atoms with Crippen molar-refractivity contribution < 1.29 is 48.9 Å². The predicted octanol–water partition coefficient (Wildman–Crippen LogP) is -5.15. The van der Waals surface area contributed by atoms with Crippen molar-refractivity contribution in [2.75, 3.05) is 6.61 Å². The van der Waals surface area contributed by atoms with E-state index in [-0.39, 0.29) is 12.8 Å². The highest BCUT2D eigenvalue weighted by molar-refractivity contribution is 5.96. The van der Waals surface area contributed by atoms with Crippen molar-refractivity contribution >= 4 is 41.5 Å². The Balaban J connectivity index is 5.53. The maximum Gasteiger partial charge on any atom is 0.326 e. The van der Waals surface area contributed by atoms with E-state index in [4.69, 9.17) is 27.4 Å². The Kier molecular flexibility index (Phi) is 12.7. The first kappa shape index (κ1) is 29.2. The largest absolute Gasteiger partial charge is 0.481 e. The summed E-state index contributed by atoms with van der Waals surface area (Å²) in [5.41, 5.74) is 15.4. The SMILES string of the molecule is NC(=O)CCC(NC(=O)C(CC(N)=O)NC(=O)C(CCC(=O)O)NC(=O)C(N)CO)C(=O)O. The highest BCUT2D eigenvalue weighted by atomic mass is 16.4. The zero-order valence-electron chi connectivity index (χ0n) is 17.5. The lowest BCUT2D eigenvalue weighted by Crippen LogP contribution is -2.58. The van der Waals surface area contributed by atoms with Crippen LogP contribution in [0.1, 0.15) is 32.1 Å². The lowest BCUT2D eigenvalue weighted by atomic mass is 10.1. The Morgan fingerprint density at radius 3 is 1.64 bits per heavy atom. The number of nitrogens with two attached hydrogens (primary N) is 3. The molecule has 0 fully saturated rings. The van der Waals surface area contributed by atoms with E-state index in [1.165, 1.54) is 0 Å². The molecule has 16 heteroatoms. The van der Waals surface area contributed by atoms with Gasteiger partial charge in [0.1, 0.15) is 24.2 Å². The molecule has 0 saturated heterocycles. The number of carbonyl (C=O) groups excluding carboxylic acids is 5. The van der Waals surface area contributed by atoms with Gasteiger partial charge in [-0.2, -0.15) is 0 Å². The zero-order chi connectivity index (χ0) is 25.7. The fourth-order valence-corrected chi connectivity index (χ4v) is 2.40. The maximum atomic E-state index is 12.6. The zero-order valence-corrected chi connectivity index (χ0v) is 17.5. The van der Waals surface area contributed by atoms with E-state index >= 15 is 0 Å². The number of amides is 5. The van der Waals surface area contributed by atoms with E-state index in [1.807, 2.05) is 5.32 Å². The number of nitrogens with one attached hydrogen (secondary N) is 3. The van der Waals surface area contributed by atoms with Crippen molar-refractivity contribution in [2.45, 2.75) is 56.3 Å². The number of aliphatic hydroxyl groups is 1. The van der Waals surface area contributed by atoms with Crippen LogP contribution < -0.4 is 33.2 Å². The van der Waals surface area contributed by atoms with Gasteiger partial charge in [-0.25, -0.2) is 4.79 Å². The van der Waals surface area contributed by atoms with Gasteiger partial charge in [0.15, 0.2) is 0 Å². The molecule has 0 saturated carbocycles. The molecule has 0 aromatic carbocycles. The summed E-state index contributed by atoms with van der Waals surface area (Å²) in [5, 5.41) is 33.2. The summed E-state index contributed by atoms with van der Waals surface area (Å²) >= 11 is 0. The van der Waals surface area contributed by atoms with Gasteiger partial charge in [-0.15, -0.1) is 0 Å². The fourth-order valence-electron chi connectivity index (χ4n) is 2.40. The number of hydrogen-bond acceptors (Lipinski definition) is 9. The maximum absolute atomic E-state index is 12.6. The smallest absolute Gasteiger partial charge is 0.326 e. The average molecular weight is 476 g/mol. The molecule has 0 aromatic rings. The third kappa shape index (κ3) is 12.0. The number of hydrogen-bond donors (Lipinski definition) is 9. The Morgan fingerprint density at radius 1 is 0.697 bits per heavy atom. The van der Waals surface area contributed by atoms with E-state index < -0.39 is 91.5 Å². The lowest BCUT2D eigenvalue weighted by molar-refractivity contribution is -0.142. The summed E-state index contributed by atoms with van der Waals surface area (Å²) in [7, 11) is 0. The van der Waals surface area contributed by atoms with Gasteiger partial charge in [-0.3, -0.25) is 28.8 Å². The molecule has 0 rings (SSSR count). The van der Waals surface area contributed by atoms with Gasteiger partial charge >= 0.3 is 11.9 Å². The van der Waals surface area contributed by atoms with Gasteiger partial charge in [-0.1, -0.05) is 0 Å². The minimum atomic E-state index is -1.69. The van der Waals surface area contributed by atoms with Crippen LogP contribution >= 0.6 is 0 Å². The van der Waals surface area contributed by atoms with Crippen molar-refractivity contribution in [3.63, 3.8) is 0 Å². The third-order valence-corrected chi connectivity index (χ3v) is 4.15. The Labute approximate surface area is 187 Å².